The molecule has 1 aromatic carbocycles. The predicted molar refractivity (Wildman–Crippen MR) is 77.9 cm³/mol. The van der Waals surface area contributed by atoms with Gasteiger partial charge in [0, 0.05) is 18.5 Å². The highest BCUT2D eigenvalue weighted by Crippen LogP contribution is 2.46. The number of hydrogen-bond acceptors (Lipinski definition) is 3. The molecule has 4 nitrogen and oxygen atoms in total. The van der Waals surface area contributed by atoms with Gasteiger partial charge in [0.2, 0.25) is 5.91 Å². The predicted octanol–water partition coefficient (Wildman–Crippen LogP) is 2.05. The minimum Gasteiger partial charge on any atom is -0.375 e. The van der Waals surface area contributed by atoms with Crippen LogP contribution < -0.4 is 10.6 Å². The van der Waals surface area contributed by atoms with Gasteiger partial charge in [-0.1, -0.05) is 18.2 Å². The third kappa shape index (κ3) is 3.50. The van der Waals surface area contributed by atoms with Crippen LogP contribution in [0.25, 0.3) is 0 Å². The molecule has 1 aliphatic carbocycles. The quantitative estimate of drug-likeness (QED) is 0.893. The molecule has 4 atom stereocenters. The standard InChI is InChI=1S/C16H19F3N2O2/c1-9-14(20-6-7-23-9)15(22)21-13-8-11(13)10-4-2-3-5-12(10)16(17,18)19/h2-5,9,11,13-14,20H,6-8H2,1H3,(H,21,22)/t9-,11?,13?,14+/m1/s1. The molecule has 126 valence electrons. The molecule has 2 unspecified atom stereocenters. The molecule has 2 N–H and O–H groups in total. The van der Waals surface area contributed by atoms with Crippen LogP contribution in [0.5, 0.6) is 0 Å². The van der Waals surface area contributed by atoms with Crippen molar-refractivity contribution in [1.82, 2.24) is 10.6 Å². The summed E-state index contributed by atoms with van der Waals surface area (Å²) in [6.45, 7) is 2.95. The van der Waals surface area contributed by atoms with Gasteiger partial charge in [0.15, 0.2) is 0 Å². The van der Waals surface area contributed by atoms with Crippen molar-refractivity contribution in [3.8, 4) is 0 Å². The Bertz CT molecular complexity index is 591. The van der Waals surface area contributed by atoms with E-state index in [4.69, 9.17) is 4.74 Å². The maximum Gasteiger partial charge on any atom is 0.416 e. The summed E-state index contributed by atoms with van der Waals surface area (Å²) < 4.78 is 44.6. The molecule has 0 spiro atoms. The molecule has 23 heavy (non-hydrogen) atoms. The first-order valence-corrected chi connectivity index (χ1v) is 7.69. The Hall–Kier alpha value is -1.60. The number of benzene rings is 1. The Labute approximate surface area is 132 Å². The normalized spacial score (nSPS) is 30.8. The van der Waals surface area contributed by atoms with E-state index in [1.807, 2.05) is 0 Å². The fraction of sp³-hybridized carbons (Fsp3) is 0.562. The van der Waals surface area contributed by atoms with Gasteiger partial charge in [-0.05, 0) is 25.0 Å². The van der Waals surface area contributed by atoms with Crippen molar-refractivity contribution in [3.05, 3.63) is 35.4 Å². The topological polar surface area (TPSA) is 50.4 Å². The van der Waals surface area contributed by atoms with Crippen LogP contribution in [0.2, 0.25) is 0 Å². The zero-order valence-electron chi connectivity index (χ0n) is 12.7. The molecule has 1 heterocycles. The monoisotopic (exact) mass is 328 g/mol. The van der Waals surface area contributed by atoms with Crippen LogP contribution in [0.4, 0.5) is 13.2 Å². The van der Waals surface area contributed by atoms with Crippen molar-refractivity contribution in [1.29, 1.82) is 0 Å². The minimum absolute atomic E-state index is 0.214. The number of amides is 1. The van der Waals surface area contributed by atoms with Crippen LogP contribution in [0.1, 0.15) is 30.4 Å². The highest BCUT2D eigenvalue weighted by molar-refractivity contribution is 5.83. The molecule has 0 aromatic heterocycles. The van der Waals surface area contributed by atoms with Crippen LogP contribution in [0.15, 0.2) is 24.3 Å². The second-order valence-electron chi connectivity index (χ2n) is 6.05. The molecule has 7 heteroatoms. The van der Waals surface area contributed by atoms with Crippen molar-refractivity contribution >= 4 is 5.91 Å². The van der Waals surface area contributed by atoms with Crippen LogP contribution in [-0.4, -0.2) is 37.2 Å². The molecule has 3 rings (SSSR count). The lowest BCUT2D eigenvalue weighted by molar-refractivity contribution is -0.138. The van der Waals surface area contributed by atoms with Gasteiger partial charge < -0.3 is 15.4 Å². The molecular weight excluding hydrogens is 309 g/mol. The molecule has 1 saturated heterocycles. The molecule has 2 aliphatic rings. The van der Waals surface area contributed by atoms with Gasteiger partial charge in [-0.25, -0.2) is 0 Å². The van der Waals surface area contributed by atoms with E-state index >= 15 is 0 Å². The second-order valence-corrected chi connectivity index (χ2v) is 6.05. The maximum absolute atomic E-state index is 13.1. The summed E-state index contributed by atoms with van der Waals surface area (Å²) in [4.78, 5) is 12.2. The Kier molecular flexibility index (Phi) is 4.33. The minimum atomic E-state index is -4.37. The van der Waals surface area contributed by atoms with Crippen molar-refractivity contribution in [2.24, 2.45) is 0 Å². The van der Waals surface area contributed by atoms with E-state index in [1.165, 1.54) is 12.1 Å². The highest BCUT2D eigenvalue weighted by atomic mass is 19.4. The van der Waals surface area contributed by atoms with E-state index in [0.29, 0.717) is 19.6 Å². The summed E-state index contributed by atoms with van der Waals surface area (Å²) in [6.07, 6.45) is -4.09. The molecule has 2 fully saturated rings. The fourth-order valence-electron chi connectivity index (χ4n) is 3.08. The third-order valence-corrected chi connectivity index (χ3v) is 4.38. The number of alkyl halides is 3. The van der Waals surface area contributed by atoms with E-state index in [9.17, 15) is 18.0 Å². The van der Waals surface area contributed by atoms with E-state index < -0.39 is 17.8 Å². The number of ether oxygens (including phenoxy) is 1. The molecule has 1 amide bonds. The Morgan fingerprint density at radius 2 is 2.09 bits per heavy atom. The van der Waals surface area contributed by atoms with Crippen LogP contribution >= 0.6 is 0 Å². The van der Waals surface area contributed by atoms with E-state index in [-0.39, 0.29) is 29.5 Å². The summed E-state index contributed by atoms with van der Waals surface area (Å²) in [5.74, 6) is -0.495. The number of nitrogens with one attached hydrogen (secondary N) is 2. The lowest BCUT2D eigenvalue weighted by atomic mass is 10.0. The average molecular weight is 328 g/mol. The molecule has 1 aromatic rings. The molecule has 1 saturated carbocycles. The zero-order valence-corrected chi connectivity index (χ0v) is 12.7. The number of hydrogen-bond donors (Lipinski definition) is 2. The van der Waals surface area contributed by atoms with Crippen LogP contribution in [0, 0.1) is 0 Å². The maximum atomic E-state index is 13.1. The van der Waals surface area contributed by atoms with Crippen LogP contribution in [-0.2, 0) is 15.7 Å². The molecule has 0 radical (unpaired) electrons. The van der Waals surface area contributed by atoms with Crippen molar-refractivity contribution in [2.45, 2.75) is 43.6 Å². The van der Waals surface area contributed by atoms with Gasteiger partial charge in [0.05, 0.1) is 18.3 Å². The van der Waals surface area contributed by atoms with Crippen molar-refractivity contribution in [3.63, 3.8) is 0 Å². The van der Waals surface area contributed by atoms with E-state index in [1.54, 1.807) is 13.0 Å². The Morgan fingerprint density at radius 1 is 1.35 bits per heavy atom. The fourth-order valence-corrected chi connectivity index (χ4v) is 3.08. The van der Waals surface area contributed by atoms with Crippen molar-refractivity contribution < 1.29 is 22.7 Å². The zero-order chi connectivity index (χ0) is 16.6. The molecule has 0 bridgehead atoms. The average Bonchev–Trinajstić information content (AvgIpc) is 3.26. The molecule has 1 aliphatic heterocycles. The second kappa shape index (κ2) is 6.13. The highest BCUT2D eigenvalue weighted by Gasteiger charge is 2.45. The van der Waals surface area contributed by atoms with Gasteiger partial charge in [0.25, 0.3) is 0 Å². The Balaban J connectivity index is 1.65. The van der Waals surface area contributed by atoms with Gasteiger partial charge in [0.1, 0.15) is 6.04 Å². The van der Waals surface area contributed by atoms with Gasteiger partial charge >= 0.3 is 6.18 Å². The van der Waals surface area contributed by atoms with Gasteiger partial charge in [-0.15, -0.1) is 0 Å². The summed E-state index contributed by atoms with van der Waals surface area (Å²) in [6, 6.07) is 4.85. The smallest absolute Gasteiger partial charge is 0.375 e. The van der Waals surface area contributed by atoms with Crippen molar-refractivity contribution in [2.75, 3.05) is 13.2 Å². The summed E-state index contributed by atoms with van der Waals surface area (Å²) >= 11 is 0. The number of carbonyl (C=O) groups excluding carboxylic acids is 1. The first-order chi connectivity index (χ1) is 10.9. The molecular formula is C16H19F3N2O2. The Morgan fingerprint density at radius 3 is 2.78 bits per heavy atom. The van der Waals surface area contributed by atoms with E-state index in [2.05, 4.69) is 10.6 Å². The number of morpholine rings is 1. The summed E-state index contributed by atoms with van der Waals surface area (Å²) in [5, 5.41) is 5.91. The SMILES string of the molecule is C[C@H]1OCCN[C@@H]1C(=O)NC1CC1c1ccccc1C(F)(F)F. The van der Waals surface area contributed by atoms with Gasteiger partial charge in [-0.2, -0.15) is 13.2 Å². The lowest BCUT2D eigenvalue weighted by Crippen LogP contribution is -2.55. The number of halogens is 3. The van der Waals surface area contributed by atoms with Crippen LogP contribution in [0.3, 0.4) is 0 Å². The largest absolute Gasteiger partial charge is 0.416 e. The first kappa shape index (κ1) is 16.3. The summed E-state index contributed by atoms with van der Waals surface area (Å²) in [5.41, 5.74) is -0.361. The van der Waals surface area contributed by atoms with Gasteiger partial charge in [-0.3, -0.25) is 4.79 Å². The summed E-state index contributed by atoms with van der Waals surface area (Å²) in [7, 11) is 0. The third-order valence-electron chi connectivity index (χ3n) is 4.38. The lowest BCUT2D eigenvalue weighted by Gasteiger charge is -2.29. The van der Waals surface area contributed by atoms with E-state index in [0.717, 1.165) is 6.07 Å². The first-order valence-electron chi connectivity index (χ1n) is 7.69. The number of carbonyl (C=O) groups is 1. The number of rotatable bonds is 3.